The van der Waals surface area contributed by atoms with E-state index in [4.69, 9.17) is 0 Å². The molecule has 1 fully saturated rings. The van der Waals surface area contributed by atoms with Crippen LogP contribution in [0.5, 0.6) is 0 Å². The van der Waals surface area contributed by atoms with E-state index in [1.54, 1.807) is 36.4 Å². The van der Waals surface area contributed by atoms with Crippen LogP contribution in [0.2, 0.25) is 0 Å². The highest BCUT2D eigenvalue weighted by atomic mass is 32.2. The third-order valence-electron chi connectivity index (χ3n) is 5.00. The number of hydrogen-bond donors (Lipinski definition) is 0. The number of carbonyl (C=O) groups excluding carboxylic acids is 2. The number of benzene rings is 2. The molecule has 3 aromatic rings. The molecule has 2 amide bonds. The van der Waals surface area contributed by atoms with Crippen molar-refractivity contribution in [2.75, 3.05) is 0 Å². The molecule has 1 saturated heterocycles. The Morgan fingerprint density at radius 3 is 2.40 bits per heavy atom. The Labute approximate surface area is 176 Å². The van der Waals surface area contributed by atoms with Gasteiger partial charge in [0.25, 0.3) is 11.1 Å². The van der Waals surface area contributed by atoms with Gasteiger partial charge >= 0.3 is 0 Å². The summed E-state index contributed by atoms with van der Waals surface area (Å²) in [4.78, 5) is 26.5. The highest BCUT2D eigenvalue weighted by molar-refractivity contribution is 8.18. The van der Waals surface area contributed by atoms with Gasteiger partial charge in [-0.3, -0.25) is 14.5 Å². The van der Waals surface area contributed by atoms with Gasteiger partial charge in [-0.1, -0.05) is 18.2 Å². The van der Waals surface area contributed by atoms with E-state index < -0.39 is 17.0 Å². The van der Waals surface area contributed by atoms with Crippen molar-refractivity contribution in [1.29, 1.82) is 0 Å². The molecule has 0 bridgehead atoms. The molecule has 4 rings (SSSR count). The summed E-state index contributed by atoms with van der Waals surface area (Å²) in [6, 6.07) is 14.1. The first-order valence-electron chi connectivity index (χ1n) is 9.29. The minimum Gasteiger partial charge on any atom is -0.318 e. The van der Waals surface area contributed by atoms with Crippen molar-refractivity contribution in [2.24, 2.45) is 0 Å². The molecule has 1 aliphatic heterocycles. The Bertz CT molecular complexity index is 1180. The quantitative estimate of drug-likeness (QED) is 0.512. The molecule has 0 unspecified atom stereocenters. The van der Waals surface area contributed by atoms with Crippen LogP contribution < -0.4 is 0 Å². The summed E-state index contributed by atoms with van der Waals surface area (Å²) in [5.41, 5.74) is 3.65. The highest BCUT2D eigenvalue weighted by Gasteiger charge is 2.35. The van der Waals surface area contributed by atoms with Crippen LogP contribution in [0.1, 0.15) is 22.5 Å². The van der Waals surface area contributed by atoms with Crippen molar-refractivity contribution in [3.63, 3.8) is 0 Å². The number of halogens is 2. The Balaban J connectivity index is 1.63. The number of imide groups is 1. The molecule has 4 nitrogen and oxygen atoms in total. The molecule has 152 valence electrons. The van der Waals surface area contributed by atoms with E-state index in [1.807, 2.05) is 24.5 Å². The molecule has 0 saturated carbocycles. The topological polar surface area (TPSA) is 42.3 Å². The van der Waals surface area contributed by atoms with Crippen molar-refractivity contribution in [2.45, 2.75) is 20.4 Å². The van der Waals surface area contributed by atoms with E-state index in [2.05, 4.69) is 0 Å². The fourth-order valence-electron chi connectivity index (χ4n) is 3.50. The van der Waals surface area contributed by atoms with E-state index >= 15 is 0 Å². The minimum atomic E-state index is -0.455. The molecule has 1 aliphatic rings. The lowest BCUT2D eigenvalue weighted by Gasteiger charge is -2.12. The van der Waals surface area contributed by atoms with Crippen LogP contribution >= 0.6 is 11.8 Å². The molecule has 0 atom stereocenters. The Morgan fingerprint density at radius 1 is 1.00 bits per heavy atom. The standard InChI is InChI=1S/C23H18F2N2O2S/c1-14-11-17(15(2)27(14)19-9-7-18(24)8-10-19)12-21-22(28)26(23(29)30-21)13-16-5-3-4-6-20(16)25/h3-12H,13H2,1-2H3/b21-12-. The number of nitrogens with zero attached hydrogens (tertiary/aromatic N) is 2. The van der Waals surface area contributed by atoms with E-state index in [0.29, 0.717) is 0 Å². The van der Waals surface area contributed by atoms with Crippen LogP contribution in [-0.4, -0.2) is 20.6 Å². The monoisotopic (exact) mass is 424 g/mol. The van der Waals surface area contributed by atoms with Crippen molar-refractivity contribution in [3.8, 4) is 5.69 Å². The van der Waals surface area contributed by atoms with E-state index in [1.165, 1.54) is 18.2 Å². The second-order valence-electron chi connectivity index (χ2n) is 7.00. The molecule has 7 heteroatoms. The number of rotatable bonds is 4. The van der Waals surface area contributed by atoms with Gasteiger partial charge in [0, 0.05) is 22.6 Å². The number of hydrogen-bond acceptors (Lipinski definition) is 3. The molecule has 2 aromatic carbocycles. The third-order valence-corrected chi connectivity index (χ3v) is 5.91. The first-order valence-corrected chi connectivity index (χ1v) is 10.1. The summed E-state index contributed by atoms with van der Waals surface area (Å²) in [7, 11) is 0. The van der Waals surface area contributed by atoms with Gasteiger partial charge < -0.3 is 4.57 Å². The summed E-state index contributed by atoms with van der Waals surface area (Å²) in [6.07, 6.45) is 1.68. The number of thioether (sulfide) groups is 1. The van der Waals surface area contributed by atoms with Crippen molar-refractivity contribution < 1.29 is 18.4 Å². The van der Waals surface area contributed by atoms with Gasteiger partial charge in [0.1, 0.15) is 11.6 Å². The predicted octanol–water partition coefficient (Wildman–Crippen LogP) is 5.61. The van der Waals surface area contributed by atoms with Crippen LogP contribution in [0.3, 0.4) is 0 Å². The minimum absolute atomic E-state index is 0.108. The summed E-state index contributed by atoms with van der Waals surface area (Å²) < 4.78 is 29.1. The van der Waals surface area contributed by atoms with Gasteiger partial charge in [0.05, 0.1) is 11.4 Å². The van der Waals surface area contributed by atoms with Gasteiger partial charge in [0.15, 0.2) is 0 Å². The fourth-order valence-corrected chi connectivity index (χ4v) is 4.32. The van der Waals surface area contributed by atoms with Crippen LogP contribution in [-0.2, 0) is 11.3 Å². The van der Waals surface area contributed by atoms with Crippen molar-refractivity contribution in [1.82, 2.24) is 9.47 Å². The Morgan fingerprint density at radius 2 is 1.70 bits per heavy atom. The molecule has 1 aromatic heterocycles. The van der Waals surface area contributed by atoms with Crippen LogP contribution in [0.25, 0.3) is 11.8 Å². The molecule has 0 radical (unpaired) electrons. The first kappa shape index (κ1) is 20.1. The number of aromatic nitrogens is 1. The van der Waals surface area contributed by atoms with Gasteiger partial charge in [0.2, 0.25) is 0 Å². The molecule has 0 spiro atoms. The lowest BCUT2D eigenvalue weighted by molar-refractivity contribution is -0.123. The second kappa shape index (κ2) is 7.91. The van der Waals surface area contributed by atoms with Gasteiger partial charge in [-0.2, -0.15) is 0 Å². The van der Waals surface area contributed by atoms with Crippen LogP contribution in [0, 0.1) is 25.5 Å². The fraction of sp³-hybridized carbons (Fsp3) is 0.130. The maximum atomic E-state index is 13.9. The highest BCUT2D eigenvalue weighted by Crippen LogP contribution is 2.35. The zero-order chi connectivity index (χ0) is 21.4. The molecule has 0 aliphatic carbocycles. The number of aryl methyl sites for hydroxylation is 1. The van der Waals surface area contributed by atoms with E-state index in [0.717, 1.165) is 39.3 Å². The SMILES string of the molecule is Cc1cc(/C=C2\SC(=O)N(Cc3ccccc3F)C2=O)c(C)n1-c1ccc(F)cc1. The molecular weight excluding hydrogens is 406 g/mol. The van der Waals surface area contributed by atoms with Crippen molar-refractivity contribution in [3.05, 3.63) is 93.7 Å². The summed E-state index contributed by atoms with van der Waals surface area (Å²) in [6.45, 7) is 3.70. The van der Waals surface area contributed by atoms with Gasteiger partial charge in [-0.25, -0.2) is 8.78 Å². The maximum Gasteiger partial charge on any atom is 0.293 e. The summed E-state index contributed by atoms with van der Waals surface area (Å²) >= 11 is 0.841. The smallest absolute Gasteiger partial charge is 0.293 e. The lowest BCUT2D eigenvalue weighted by Crippen LogP contribution is -2.27. The first-order chi connectivity index (χ1) is 14.3. The number of carbonyl (C=O) groups is 2. The average molecular weight is 424 g/mol. The average Bonchev–Trinajstić information content (AvgIpc) is 3.14. The zero-order valence-corrected chi connectivity index (χ0v) is 17.2. The normalized spacial score (nSPS) is 15.5. The summed E-state index contributed by atoms with van der Waals surface area (Å²) in [5, 5.41) is -0.429. The van der Waals surface area contributed by atoms with Crippen molar-refractivity contribution >= 4 is 29.0 Å². The molecule has 0 N–H and O–H groups in total. The second-order valence-corrected chi connectivity index (χ2v) is 7.99. The van der Waals surface area contributed by atoms with Gasteiger partial charge in [-0.15, -0.1) is 0 Å². The zero-order valence-electron chi connectivity index (χ0n) is 16.4. The predicted molar refractivity (Wildman–Crippen MR) is 113 cm³/mol. The number of amides is 2. The Hall–Kier alpha value is -3.19. The maximum absolute atomic E-state index is 13.9. The third kappa shape index (κ3) is 3.68. The lowest BCUT2D eigenvalue weighted by atomic mass is 10.2. The molecule has 30 heavy (non-hydrogen) atoms. The van der Waals surface area contributed by atoms with Crippen LogP contribution in [0.4, 0.5) is 13.6 Å². The summed E-state index contributed by atoms with van der Waals surface area (Å²) in [5.74, 6) is -1.21. The van der Waals surface area contributed by atoms with E-state index in [9.17, 15) is 18.4 Å². The Kier molecular flexibility index (Phi) is 5.30. The molecular formula is C23H18F2N2O2S. The van der Waals surface area contributed by atoms with Gasteiger partial charge in [-0.05, 0) is 73.6 Å². The van der Waals surface area contributed by atoms with E-state index in [-0.39, 0.29) is 22.8 Å². The largest absolute Gasteiger partial charge is 0.318 e. The van der Waals surface area contributed by atoms with Crippen LogP contribution in [0.15, 0.2) is 59.5 Å². The molecule has 2 heterocycles.